The average molecular weight is 353 g/mol. The second-order valence-electron chi connectivity index (χ2n) is 5.06. The zero-order chi connectivity index (χ0) is 15.2. The Kier molecular flexibility index (Phi) is 5.76. The molecule has 4 heteroatoms. The summed E-state index contributed by atoms with van der Waals surface area (Å²) in [7, 11) is 0. The number of benzene rings is 2. The number of aryl methyl sites for hydroxylation is 1. The lowest BCUT2D eigenvalue weighted by molar-refractivity contribution is 0.139. The molecule has 0 aromatic heterocycles. The second kappa shape index (κ2) is 7.57. The maximum absolute atomic E-state index is 13.1. The SMILES string of the molecule is Cc1cccc(OCCC(O)Cc2ccc(F)c(Br)c2)c1. The van der Waals surface area contributed by atoms with E-state index in [9.17, 15) is 9.50 Å². The van der Waals surface area contributed by atoms with Crippen LogP contribution >= 0.6 is 15.9 Å². The third-order valence-electron chi connectivity index (χ3n) is 3.16. The van der Waals surface area contributed by atoms with Gasteiger partial charge in [-0.2, -0.15) is 0 Å². The standard InChI is InChI=1S/C17H18BrFO2/c1-12-3-2-4-15(9-12)21-8-7-14(20)10-13-5-6-17(19)16(18)11-13/h2-6,9,11,14,20H,7-8,10H2,1H3. The third-order valence-corrected chi connectivity index (χ3v) is 3.77. The Hall–Kier alpha value is -1.39. The fraction of sp³-hybridized carbons (Fsp3) is 0.294. The van der Waals surface area contributed by atoms with E-state index in [4.69, 9.17) is 4.74 Å². The lowest BCUT2D eigenvalue weighted by Gasteiger charge is -2.12. The topological polar surface area (TPSA) is 29.5 Å². The van der Waals surface area contributed by atoms with Crippen LogP contribution in [-0.2, 0) is 6.42 Å². The quantitative estimate of drug-likeness (QED) is 0.841. The molecule has 0 aliphatic rings. The highest BCUT2D eigenvalue weighted by molar-refractivity contribution is 9.10. The van der Waals surface area contributed by atoms with Gasteiger partial charge in [0.2, 0.25) is 0 Å². The number of aliphatic hydroxyl groups is 1. The van der Waals surface area contributed by atoms with E-state index in [1.807, 2.05) is 31.2 Å². The minimum atomic E-state index is -0.507. The molecule has 21 heavy (non-hydrogen) atoms. The molecule has 1 unspecified atom stereocenters. The maximum atomic E-state index is 13.1. The number of halogens is 2. The molecule has 2 aromatic carbocycles. The first-order valence-electron chi connectivity index (χ1n) is 6.86. The third kappa shape index (κ3) is 5.14. The summed E-state index contributed by atoms with van der Waals surface area (Å²) in [5, 5.41) is 10.0. The molecule has 2 nitrogen and oxygen atoms in total. The van der Waals surface area contributed by atoms with E-state index in [2.05, 4.69) is 15.9 Å². The van der Waals surface area contributed by atoms with Crippen molar-refractivity contribution in [2.24, 2.45) is 0 Å². The van der Waals surface area contributed by atoms with Crippen LogP contribution in [0.15, 0.2) is 46.9 Å². The maximum Gasteiger partial charge on any atom is 0.137 e. The molecule has 0 radical (unpaired) electrons. The lowest BCUT2D eigenvalue weighted by Crippen LogP contribution is -2.15. The summed E-state index contributed by atoms with van der Waals surface area (Å²) in [4.78, 5) is 0. The fourth-order valence-electron chi connectivity index (χ4n) is 2.06. The summed E-state index contributed by atoms with van der Waals surface area (Å²) in [5.41, 5.74) is 2.04. The number of rotatable bonds is 6. The summed E-state index contributed by atoms with van der Waals surface area (Å²) in [5.74, 6) is 0.516. The van der Waals surface area contributed by atoms with Crippen LogP contribution in [-0.4, -0.2) is 17.8 Å². The minimum absolute atomic E-state index is 0.295. The van der Waals surface area contributed by atoms with Crippen molar-refractivity contribution >= 4 is 15.9 Å². The van der Waals surface area contributed by atoms with Gasteiger partial charge in [0.15, 0.2) is 0 Å². The van der Waals surface area contributed by atoms with Crippen molar-refractivity contribution in [2.75, 3.05) is 6.61 Å². The summed E-state index contributed by atoms with van der Waals surface area (Å²) in [6.45, 7) is 2.46. The summed E-state index contributed by atoms with van der Waals surface area (Å²) in [6.07, 6.45) is 0.506. The Labute approximate surface area is 132 Å². The van der Waals surface area contributed by atoms with Crippen molar-refractivity contribution in [3.63, 3.8) is 0 Å². The molecule has 2 aromatic rings. The Morgan fingerprint density at radius 3 is 2.76 bits per heavy atom. The van der Waals surface area contributed by atoms with Gasteiger partial charge in [-0.1, -0.05) is 18.2 Å². The molecule has 0 bridgehead atoms. The van der Waals surface area contributed by atoms with E-state index in [0.29, 0.717) is 23.9 Å². The molecule has 0 fully saturated rings. The monoisotopic (exact) mass is 352 g/mol. The largest absolute Gasteiger partial charge is 0.493 e. The van der Waals surface area contributed by atoms with Crippen molar-refractivity contribution in [3.8, 4) is 5.75 Å². The number of hydrogen-bond acceptors (Lipinski definition) is 2. The van der Waals surface area contributed by atoms with Gasteiger partial charge in [0, 0.05) is 6.42 Å². The van der Waals surface area contributed by atoms with Gasteiger partial charge in [0.05, 0.1) is 17.2 Å². The van der Waals surface area contributed by atoms with E-state index >= 15 is 0 Å². The summed E-state index contributed by atoms with van der Waals surface area (Å²) in [6, 6.07) is 12.6. The van der Waals surface area contributed by atoms with Gasteiger partial charge in [0.25, 0.3) is 0 Å². The smallest absolute Gasteiger partial charge is 0.137 e. The van der Waals surface area contributed by atoms with Gasteiger partial charge in [-0.15, -0.1) is 0 Å². The first kappa shape index (κ1) is 16.0. The zero-order valence-corrected chi connectivity index (χ0v) is 13.4. The van der Waals surface area contributed by atoms with Crippen molar-refractivity contribution < 1.29 is 14.2 Å². The highest BCUT2D eigenvalue weighted by Crippen LogP contribution is 2.18. The van der Waals surface area contributed by atoms with Gasteiger partial charge in [-0.25, -0.2) is 4.39 Å². The Morgan fingerprint density at radius 2 is 2.05 bits per heavy atom. The van der Waals surface area contributed by atoms with E-state index in [-0.39, 0.29) is 5.82 Å². The van der Waals surface area contributed by atoms with E-state index in [1.54, 1.807) is 12.1 Å². The van der Waals surface area contributed by atoms with Crippen LogP contribution in [0.25, 0.3) is 0 Å². The molecule has 2 rings (SSSR count). The molecule has 1 atom stereocenters. The minimum Gasteiger partial charge on any atom is -0.493 e. The molecule has 0 amide bonds. The molecule has 0 spiro atoms. The van der Waals surface area contributed by atoms with Crippen LogP contribution in [0.4, 0.5) is 4.39 Å². The summed E-state index contributed by atoms with van der Waals surface area (Å²) >= 11 is 3.14. The Balaban J connectivity index is 1.79. The predicted octanol–water partition coefficient (Wildman–Crippen LogP) is 4.27. The summed E-state index contributed by atoms with van der Waals surface area (Å²) < 4.78 is 19.2. The van der Waals surface area contributed by atoms with E-state index in [1.165, 1.54) is 6.07 Å². The van der Waals surface area contributed by atoms with E-state index < -0.39 is 6.10 Å². The van der Waals surface area contributed by atoms with Crippen LogP contribution < -0.4 is 4.74 Å². The Morgan fingerprint density at radius 1 is 1.24 bits per heavy atom. The number of aliphatic hydroxyl groups excluding tert-OH is 1. The van der Waals surface area contributed by atoms with Crippen LogP contribution in [0.1, 0.15) is 17.5 Å². The molecule has 0 saturated heterocycles. The second-order valence-corrected chi connectivity index (χ2v) is 5.91. The first-order chi connectivity index (χ1) is 10.0. The number of hydrogen-bond donors (Lipinski definition) is 1. The molecule has 0 heterocycles. The van der Waals surface area contributed by atoms with Crippen LogP contribution in [0.5, 0.6) is 5.75 Å². The Bertz CT molecular complexity index is 601. The van der Waals surface area contributed by atoms with Crippen LogP contribution in [0, 0.1) is 12.7 Å². The molecule has 1 N–H and O–H groups in total. The number of ether oxygens (including phenoxy) is 1. The first-order valence-corrected chi connectivity index (χ1v) is 7.65. The van der Waals surface area contributed by atoms with E-state index in [0.717, 1.165) is 16.9 Å². The molecular weight excluding hydrogens is 335 g/mol. The molecule has 0 saturated carbocycles. The van der Waals surface area contributed by atoms with Gasteiger partial charge in [-0.3, -0.25) is 0 Å². The van der Waals surface area contributed by atoms with Gasteiger partial charge in [0.1, 0.15) is 11.6 Å². The fourth-order valence-corrected chi connectivity index (χ4v) is 2.48. The average Bonchev–Trinajstić information content (AvgIpc) is 2.43. The van der Waals surface area contributed by atoms with Gasteiger partial charge >= 0.3 is 0 Å². The molecule has 0 aliphatic carbocycles. The normalized spacial score (nSPS) is 12.2. The van der Waals surface area contributed by atoms with Crippen molar-refractivity contribution in [1.82, 2.24) is 0 Å². The molecule has 0 aliphatic heterocycles. The molecule has 112 valence electrons. The highest BCUT2D eigenvalue weighted by Gasteiger charge is 2.08. The lowest BCUT2D eigenvalue weighted by atomic mass is 10.1. The van der Waals surface area contributed by atoms with Crippen molar-refractivity contribution in [1.29, 1.82) is 0 Å². The zero-order valence-electron chi connectivity index (χ0n) is 11.9. The van der Waals surface area contributed by atoms with Crippen molar-refractivity contribution in [3.05, 3.63) is 63.9 Å². The predicted molar refractivity (Wildman–Crippen MR) is 85.1 cm³/mol. The van der Waals surface area contributed by atoms with Gasteiger partial charge in [-0.05, 0) is 64.7 Å². The molecular formula is C17H18BrFO2. The van der Waals surface area contributed by atoms with Crippen LogP contribution in [0.3, 0.4) is 0 Å². The van der Waals surface area contributed by atoms with Crippen molar-refractivity contribution in [2.45, 2.75) is 25.9 Å². The highest BCUT2D eigenvalue weighted by atomic mass is 79.9. The van der Waals surface area contributed by atoms with Gasteiger partial charge < -0.3 is 9.84 Å². The van der Waals surface area contributed by atoms with Crippen LogP contribution in [0.2, 0.25) is 0 Å².